The number of ether oxygens (including phenoxy) is 1. The van der Waals surface area contributed by atoms with E-state index in [9.17, 15) is 9.90 Å². The molecular formula is C25H27N7O4. The molecule has 0 saturated carbocycles. The topological polar surface area (TPSA) is 153 Å². The summed E-state index contributed by atoms with van der Waals surface area (Å²) in [4.78, 5) is 24.2. The molecule has 4 N–H and O–H groups in total. The predicted molar refractivity (Wildman–Crippen MR) is 133 cm³/mol. The lowest BCUT2D eigenvalue weighted by Gasteiger charge is -2.31. The molecular weight excluding hydrogens is 462 g/mol. The monoisotopic (exact) mass is 489 g/mol. The van der Waals surface area contributed by atoms with Gasteiger partial charge in [-0.15, -0.1) is 0 Å². The van der Waals surface area contributed by atoms with Crippen LogP contribution in [-0.4, -0.2) is 53.3 Å². The SMILES string of the molecule is COc1cc(N(C(N)=O)c2cccc(CN=C(NC#N)N3CCCC(O)C3)c2)ccc1-c1cnco1. The molecule has 4 rings (SSSR count). The van der Waals surface area contributed by atoms with Crippen LogP contribution in [-0.2, 0) is 6.54 Å². The number of likely N-dealkylation sites (tertiary alicyclic amines) is 1. The highest BCUT2D eigenvalue weighted by atomic mass is 16.5. The van der Waals surface area contributed by atoms with E-state index in [0.717, 1.165) is 18.4 Å². The molecule has 0 bridgehead atoms. The van der Waals surface area contributed by atoms with Gasteiger partial charge in [0.2, 0.25) is 5.96 Å². The number of piperidine rings is 1. The molecule has 11 heteroatoms. The van der Waals surface area contributed by atoms with Gasteiger partial charge in [-0.2, -0.15) is 5.26 Å². The number of nitriles is 1. The molecule has 0 spiro atoms. The van der Waals surface area contributed by atoms with Crippen molar-refractivity contribution in [1.82, 2.24) is 15.2 Å². The zero-order chi connectivity index (χ0) is 25.5. The van der Waals surface area contributed by atoms with Gasteiger partial charge in [0.05, 0.1) is 42.9 Å². The van der Waals surface area contributed by atoms with Gasteiger partial charge in [-0.3, -0.25) is 10.2 Å². The zero-order valence-electron chi connectivity index (χ0n) is 19.8. The van der Waals surface area contributed by atoms with Crippen molar-refractivity contribution >= 4 is 23.4 Å². The standard InChI is InChI=1S/C25H27N7O4/c1-35-22-11-19(7-8-21(22)23-13-28-16-36-23)32(24(27)34)18-5-2-4-17(10-18)12-29-25(30-15-26)31-9-3-6-20(33)14-31/h2,4-5,7-8,10-11,13,16,20,33H,3,6,9,12,14H2,1H3,(H2,27,34)(H,29,30). The second-order valence-electron chi connectivity index (χ2n) is 8.21. The first-order valence-electron chi connectivity index (χ1n) is 11.4. The number of guanidine groups is 1. The van der Waals surface area contributed by atoms with E-state index in [1.807, 2.05) is 17.2 Å². The maximum Gasteiger partial charge on any atom is 0.323 e. The number of nitrogens with two attached hydrogens (primary N) is 1. The fraction of sp³-hybridized carbons (Fsp3) is 0.280. The Balaban J connectivity index is 1.60. The second-order valence-corrected chi connectivity index (χ2v) is 8.21. The molecule has 0 aliphatic carbocycles. The van der Waals surface area contributed by atoms with Crippen LogP contribution in [0, 0.1) is 11.5 Å². The summed E-state index contributed by atoms with van der Waals surface area (Å²) in [7, 11) is 1.53. The number of aromatic nitrogens is 1. The van der Waals surface area contributed by atoms with Gasteiger partial charge in [0.15, 0.2) is 18.3 Å². The number of aliphatic hydroxyl groups is 1. The molecule has 1 aromatic heterocycles. The quantitative estimate of drug-likeness (QED) is 0.207. The minimum absolute atomic E-state index is 0.255. The molecule has 36 heavy (non-hydrogen) atoms. The Morgan fingerprint density at radius 2 is 2.22 bits per heavy atom. The largest absolute Gasteiger partial charge is 0.496 e. The predicted octanol–water partition coefficient (Wildman–Crippen LogP) is 2.95. The fourth-order valence-electron chi connectivity index (χ4n) is 4.15. The van der Waals surface area contributed by atoms with E-state index in [1.165, 1.54) is 18.4 Å². The molecule has 186 valence electrons. The summed E-state index contributed by atoms with van der Waals surface area (Å²) in [6, 6.07) is 11.8. The molecule has 1 saturated heterocycles. The Kier molecular flexibility index (Phi) is 7.67. The van der Waals surface area contributed by atoms with Crippen molar-refractivity contribution in [3.63, 3.8) is 0 Å². The van der Waals surface area contributed by atoms with Gasteiger partial charge in [-0.1, -0.05) is 12.1 Å². The number of nitrogens with one attached hydrogen (secondary N) is 1. The maximum atomic E-state index is 12.5. The number of hydrogen-bond acceptors (Lipinski definition) is 7. The minimum Gasteiger partial charge on any atom is -0.496 e. The lowest BCUT2D eigenvalue weighted by Crippen LogP contribution is -2.47. The summed E-state index contributed by atoms with van der Waals surface area (Å²) in [5, 5.41) is 21.7. The number of benzene rings is 2. The van der Waals surface area contributed by atoms with Crippen molar-refractivity contribution < 1.29 is 19.1 Å². The van der Waals surface area contributed by atoms with Gasteiger partial charge in [0.1, 0.15) is 5.75 Å². The highest BCUT2D eigenvalue weighted by Gasteiger charge is 2.21. The number of carbonyl (C=O) groups excluding carboxylic acids is 1. The number of rotatable bonds is 6. The number of primary amides is 1. The van der Waals surface area contributed by atoms with Crippen LogP contribution in [0.1, 0.15) is 18.4 Å². The van der Waals surface area contributed by atoms with Gasteiger partial charge >= 0.3 is 6.03 Å². The van der Waals surface area contributed by atoms with Gasteiger partial charge in [0.25, 0.3) is 0 Å². The number of carbonyl (C=O) groups is 1. The molecule has 1 aliphatic rings. The van der Waals surface area contributed by atoms with Gasteiger partial charge < -0.3 is 24.9 Å². The molecule has 1 atom stereocenters. The van der Waals surface area contributed by atoms with Crippen LogP contribution < -0.4 is 20.7 Å². The lowest BCUT2D eigenvalue weighted by molar-refractivity contribution is 0.102. The normalized spacial score (nSPS) is 15.8. The maximum absolute atomic E-state index is 12.5. The molecule has 3 aromatic rings. The molecule has 1 unspecified atom stereocenters. The first kappa shape index (κ1) is 24.6. The Morgan fingerprint density at radius 3 is 2.92 bits per heavy atom. The Morgan fingerprint density at radius 1 is 1.39 bits per heavy atom. The third-order valence-corrected chi connectivity index (χ3v) is 5.81. The number of β-amino-alcohol motifs (C(OH)–C–C–N with tert-alkyl or cyclic N) is 1. The average molecular weight is 490 g/mol. The zero-order valence-corrected chi connectivity index (χ0v) is 19.8. The molecule has 1 fully saturated rings. The Bertz CT molecular complexity index is 1270. The molecule has 2 heterocycles. The van der Waals surface area contributed by atoms with Crippen molar-refractivity contribution in [2.75, 3.05) is 25.1 Å². The molecule has 0 radical (unpaired) electrons. The number of aliphatic hydroxyl groups excluding tert-OH is 1. The Labute approximate surface area is 208 Å². The number of oxazole rings is 1. The average Bonchev–Trinajstić information content (AvgIpc) is 3.41. The number of nitrogens with zero attached hydrogens (tertiary/aromatic N) is 5. The Hall–Kier alpha value is -4.56. The van der Waals surface area contributed by atoms with Crippen molar-refractivity contribution in [1.29, 1.82) is 5.26 Å². The van der Waals surface area contributed by atoms with E-state index in [1.54, 1.807) is 42.6 Å². The van der Waals surface area contributed by atoms with Crippen molar-refractivity contribution in [3.8, 4) is 23.3 Å². The van der Waals surface area contributed by atoms with Gasteiger partial charge in [0, 0.05) is 19.2 Å². The first-order chi connectivity index (χ1) is 17.5. The summed E-state index contributed by atoms with van der Waals surface area (Å²) in [5.74, 6) is 1.43. The fourth-order valence-corrected chi connectivity index (χ4v) is 4.15. The van der Waals surface area contributed by atoms with Gasteiger partial charge in [-0.05, 0) is 42.7 Å². The molecule has 1 aliphatic heterocycles. The van der Waals surface area contributed by atoms with Crippen molar-refractivity contribution in [2.45, 2.75) is 25.5 Å². The lowest BCUT2D eigenvalue weighted by atomic mass is 10.1. The van der Waals surface area contributed by atoms with Crippen LogP contribution in [0.2, 0.25) is 0 Å². The van der Waals surface area contributed by atoms with Crippen LogP contribution in [0.15, 0.2) is 64.5 Å². The van der Waals surface area contributed by atoms with Gasteiger partial charge in [-0.25, -0.2) is 14.8 Å². The van der Waals surface area contributed by atoms with Crippen LogP contribution in [0.25, 0.3) is 11.3 Å². The van der Waals surface area contributed by atoms with Crippen molar-refractivity contribution in [3.05, 3.63) is 60.6 Å². The van der Waals surface area contributed by atoms with Crippen LogP contribution in [0.3, 0.4) is 0 Å². The van der Waals surface area contributed by atoms with Crippen LogP contribution in [0.5, 0.6) is 5.75 Å². The summed E-state index contributed by atoms with van der Waals surface area (Å²) < 4.78 is 10.9. The highest BCUT2D eigenvalue weighted by molar-refractivity contribution is 5.99. The summed E-state index contributed by atoms with van der Waals surface area (Å²) in [5.41, 5.74) is 8.31. The number of amides is 2. The number of urea groups is 1. The van der Waals surface area contributed by atoms with E-state index in [2.05, 4.69) is 15.3 Å². The molecule has 11 nitrogen and oxygen atoms in total. The number of hydrogen-bond donors (Lipinski definition) is 3. The van der Waals surface area contributed by atoms with E-state index in [4.69, 9.17) is 20.1 Å². The van der Waals surface area contributed by atoms with E-state index < -0.39 is 12.1 Å². The number of methoxy groups -OCH3 is 1. The number of anilines is 2. The molecule has 2 amide bonds. The van der Waals surface area contributed by atoms with E-state index in [0.29, 0.717) is 47.5 Å². The first-order valence-corrected chi connectivity index (χ1v) is 11.4. The van der Waals surface area contributed by atoms with Crippen molar-refractivity contribution in [2.24, 2.45) is 10.7 Å². The van der Waals surface area contributed by atoms with E-state index >= 15 is 0 Å². The second kappa shape index (κ2) is 11.2. The third-order valence-electron chi connectivity index (χ3n) is 5.81. The van der Waals surface area contributed by atoms with Crippen LogP contribution in [0.4, 0.5) is 16.2 Å². The summed E-state index contributed by atoms with van der Waals surface area (Å²) in [6.45, 7) is 1.37. The van der Waals surface area contributed by atoms with E-state index in [-0.39, 0.29) is 6.54 Å². The highest BCUT2D eigenvalue weighted by Crippen LogP contribution is 2.36. The smallest absolute Gasteiger partial charge is 0.323 e. The summed E-state index contributed by atoms with van der Waals surface area (Å²) >= 11 is 0. The minimum atomic E-state index is -0.667. The van der Waals surface area contributed by atoms with Crippen LogP contribution >= 0.6 is 0 Å². The third kappa shape index (κ3) is 5.56. The summed E-state index contributed by atoms with van der Waals surface area (Å²) in [6.07, 6.45) is 5.91. The number of aliphatic imine (C=N–C) groups is 1. The molecule has 2 aromatic carbocycles.